The molecule has 0 aliphatic rings. The first-order chi connectivity index (χ1) is 8.11. The molecule has 0 spiro atoms. The van der Waals surface area contributed by atoms with Crippen molar-refractivity contribution in [2.75, 3.05) is 4.57 Å². The molecule has 0 unspecified atom stereocenters. The quantitative estimate of drug-likeness (QED) is 0.731. The lowest BCUT2D eigenvalue weighted by Crippen LogP contribution is -2.13. The Morgan fingerprint density at radius 3 is 2.12 bits per heavy atom. The number of nitrogens with zero attached hydrogens (tertiary/aromatic N) is 1. The number of anilines is 2. The molecule has 17 heavy (non-hydrogen) atoms. The molecule has 0 amide bonds. The molecule has 0 aliphatic heterocycles. The Kier molecular flexibility index (Phi) is 3.34. The Morgan fingerprint density at radius 2 is 1.47 bits per heavy atom. The molecular formula is C15H19NSi. The van der Waals surface area contributed by atoms with Crippen molar-refractivity contribution in [1.82, 2.24) is 0 Å². The molecule has 2 aromatic carbocycles. The summed E-state index contributed by atoms with van der Waals surface area (Å²) in [5.74, 6) is 0. The van der Waals surface area contributed by atoms with Gasteiger partial charge in [-0.2, -0.15) is 0 Å². The predicted octanol–water partition coefficient (Wildman–Crippen LogP) is 3.03. The third-order valence-corrected chi connectivity index (χ3v) is 4.53. The molecule has 0 fully saturated rings. The van der Waals surface area contributed by atoms with Gasteiger partial charge in [0.05, 0.1) is 0 Å². The second-order valence-electron chi connectivity index (χ2n) is 4.55. The molecule has 0 atom stereocenters. The van der Waals surface area contributed by atoms with E-state index in [1.54, 1.807) is 0 Å². The molecule has 0 radical (unpaired) electrons. The van der Waals surface area contributed by atoms with E-state index in [2.05, 4.69) is 67.8 Å². The van der Waals surface area contributed by atoms with Crippen LogP contribution in [0.2, 0.25) is 0 Å². The second-order valence-corrected chi connectivity index (χ2v) is 5.44. The van der Waals surface area contributed by atoms with Gasteiger partial charge in [0.15, 0.2) is 0 Å². The molecule has 2 heteroatoms. The smallest absolute Gasteiger partial charge is 0.114 e. The Labute approximate surface area is 107 Å². The van der Waals surface area contributed by atoms with Crippen molar-refractivity contribution in [3.05, 3.63) is 59.2 Å². The summed E-state index contributed by atoms with van der Waals surface area (Å²) in [6, 6.07) is 15.0. The van der Waals surface area contributed by atoms with Crippen LogP contribution in [0.15, 0.2) is 42.5 Å². The molecule has 0 aliphatic carbocycles. The van der Waals surface area contributed by atoms with Crippen molar-refractivity contribution in [2.24, 2.45) is 0 Å². The Morgan fingerprint density at radius 1 is 0.824 bits per heavy atom. The summed E-state index contributed by atoms with van der Waals surface area (Å²) in [5.41, 5.74) is 6.79. The summed E-state index contributed by atoms with van der Waals surface area (Å²) in [5, 5.41) is 0. The maximum Gasteiger partial charge on any atom is 0.114 e. The summed E-state index contributed by atoms with van der Waals surface area (Å²) in [7, 11) is 0.992. The van der Waals surface area contributed by atoms with Crippen LogP contribution in [0, 0.1) is 20.8 Å². The van der Waals surface area contributed by atoms with E-state index in [1.807, 2.05) is 0 Å². The van der Waals surface area contributed by atoms with Crippen LogP contribution in [0.5, 0.6) is 0 Å². The normalized spacial score (nSPS) is 10.5. The number of aryl methyl sites for hydroxylation is 1. The first-order valence-corrected chi connectivity index (χ1v) is 6.86. The van der Waals surface area contributed by atoms with Crippen LogP contribution in [-0.2, 0) is 0 Å². The highest BCUT2D eigenvalue weighted by molar-refractivity contribution is 6.22. The van der Waals surface area contributed by atoms with Gasteiger partial charge in [-0.1, -0.05) is 24.3 Å². The van der Waals surface area contributed by atoms with E-state index in [0.29, 0.717) is 0 Å². The largest absolute Gasteiger partial charge is 0.378 e. The fourth-order valence-electron chi connectivity index (χ4n) is 2.10. The van der Waals surface area contributed by atoms with Gasteiger partial charge in [-0.25, -0.2) is 0 Å². The minimum absolute atomic E-state index is 0.992. The Balaban J connectivity index is 2.45. The van der Waals surface area contributed by atoms with E-state index in [1.165, 1.54) is 28.1 Å². The van der Waals surface area contributed by atoms with E-state index in [-0.39, 0.29) is 0 Å². The minimum Gasteiger partial charge on any atom is -0.378 e. The highest BCUT2D eigenvalue weighted by Crippen LogP contribution is 2.29. The van der Waals surface area contributed by atoms with Gasteiger partial charge in [-0.05, 0) is 55.7 Å². The molecule has 2 rings (SSSR count). The van der Waals surface area contributed by atoms with Gasteiger partial charge in [0, 0.05) is 11.4 Å². The lowest BCUT2D eigenvalue weighted by Gasteiger charge is -2.24. The third-order valence-electron chi connectivity index (χ3n) is 3.53. The van der Waals surface area contributed by atoms with Gasteiger partial charge in [0.2, 0.25) is 0 Å². The first-order valence-electron chi connectivity index (χ1n) is 5.97. The lowest BCUT2D eigenvalue weighted by molar-refractivity contribution is 1.24. The van der Waals surface area contributed by atoms with Gasteiger partial charge < -0.3 is 4.57 Å². The second kappa shape index (κ2) is 4.76. The summed E-state index contributed by atoms with van der Waals surface area (Å²) in [6.45, 7) is 6.59. The average Bonchev–Trinajstić information content (AvgIpc) is 2.36. The van der Waals surface area contributed by atoms with Gasteiger partial charge >= 0.3 is 0 Å². The molecule has 0 saturated heterocycles. The minimum atomic E-state index is 0.992. The van der Waals surface area contributed by atoms with Crippen LogP contribution >= 0.6 is 0 Å². The van der Waals surface area contributed by atoms with Crippen molar-refractivity contribution in [3.8, 4) is 0 Å². The topological polar surface area (TPSA) is 3.24 Å². The van der Waals surface area contributed by atoms with Crippen molar-refractivity contribution in [3.63, 3.8) is 0 Å². The molecule has 0 N–H and O–H groups in total. The molecule has 0 saturated carbocycles. The molecule has 0 bridgehead atoms. The van der Waals surface area contributed by atoms with E-state index in [0.717, 1.165) is 10.4 Å². The fraction of sp³-hybridized carbons (Fsp3) is 0.200. The van der Waals surface area contributed by atoms with Gasteiger partial charge in [0.25, 0.3) is 0 Å². The van der Waals surface area contributed by atoms with E-state index < -0.39 is 0 Å². The van der Waals surface area contributed by atoms with E-state index >= 15 is 0 Å². The number of hydrogen-bond acceptors (Lipinski definition) is 1. The third kappa shape index (κ3) is 2.27. The zero-order valence-electron chi connectivity index (χ0n) is 11.0. The van der Waals surface area contributed by atoms with Gasteiger partial charge in [-0.15, -0.1) is 0 Å². The van der Waals surface area contributed by atoms with E-state index in [9.17, 15) is 0 Å². The highest BCUT2D eigenvalue weighted by atomic mass is 28.2. The molecule has 88 valence electrons. The van der Waals surface area contributed by atoms with Crippen LogP contribution in [0.3, 0.4) is 0 Å². The zero-order chi connectivity index (χ0) is 12.4. The maximum atomic E-state index is 2.38. The summed E-state index contributed by atoms with van der Waals surface area (Å²) in [6.07, 6.45) is 0. The summed E-state index contributed by atoms with van der Waals surface area (Å²) in [4.78, 5) is 0. The number of para-hydroxylation sites is 1. The summed E-state index contributed by atoms with van der Waals surface area (Å²) < 4.78 is 2.38. The van der Waals surface area contributed by atoms with Gasteiger partial charge in [-0.3, -0.25) is 0 Å². The predicted molar refractivity (Wildman–Crippen MR) is 79.2 cm³/mol. The molecule has 0 aromatic heterocycles. The van der Waals surface area contributed by atoms with Crippen LogP contribution in [0.25, 0.3) is 0 Å². The number of hydrogen-bond donors (Lipinski definition) is 0. The Hall–Kier alpha value is -1.54. The van der Waals surface area contributed by atoms with E-state index in [4.69, 9.17) is 0 Å². The number of rotatable bonds is 2. The van der Waals surface area contributed by atoms with Gasteiger partial charge in [0.1, 0.15) is 10.4 Å². The van der Waals surface area contributed by atoms with Crippen LogP contribution in [-0.4, -0.2) is 10.4 Å². The van der Waals surface area contributed by atoms with Crippen LogP contribution in [0.4, 0.5) is 11.4 Å². The van der Waals surface area contributed by atoms with Crippen LogP contribution < -0.4 is 4.57 Å². The fourth-order valence-corrected chi connectivity index (χ4v) is 2.88. The number of benzene rings is 2. The summed E-state index contributed by atoms with van der Waals surface area (Å²) >= 11 is 0. The molecule has 0 heterocycles. The Bertz CT molecular complexity index is 520. The SMILES string of the molecule is Cc1ccc(N([SiH3])c2ccccc2)c(C)c1C. The average molecular weight is 241 g/mol. The van der Waals surface area contributed by atoms with Crippen molar-refractivity contribution in [2.45, 2.75) is 20.8 Å². The van der Waals surface area contributed by atoms with Crippen LogP contribution in [0.1, 0.15) is 16.7 Å². The monoisotopic (exact) mass is 241 g/mol. The van der Waals surface area contributed by atoms with Crippen molar-refractivity contribution >= 4 is 21.8 Å². The molecular weight excluding hydrogens is 222 g/mol. The lowest BCUT2D eigenvalue weighted by atomic mass is 10.0. The van der Waals surface area contributed by atoms with Crippen molar-refractivity contribution in [1.29, 1.82) is 0 Å². The molecule has 2 aromatic rings. The highest BCUT2D eigenvalue weighted by Gasteiger charge is 2.08. The maximum absolute atomic E-state index is 2.38. The zero-order valence-corrected chi connectivity index (χ0v) is 13.0. The standard InChI is InChI=1S/C15H19NSi/c1-11-9-10-15(13(3)12(11)2)16(17)14-7-5-4-6-8-14/h4-10H,1-3,17H3. The first kappa shape index (κ1) is 11.9. The van der Waals surface area contributed by atoms with Crippen molar-refractivity contribution < 1.29 is 0 Å². The molecule has 1 nitrogen and oxygen atoms in total.